The topological polar surface area (TPSA) is 138 Å². The standard InChI is InChI=1S/C23H22N6O4S/c1-34(32,33)23(5-6-23)14-28-8-9-29-19-16(4-7-25-20(19)28)10-18(22(29)31)21(30)27-13-15-2-3-17(11-24)26-12-15/h2-4,7,10,12H,5-6,8-9,13-14H2,1H3,(H,27,30). The summed E-state index contributed by atoms with van der Waals surface area (Å²) in [6, 6.07) is 8.49. The van der Waals surface area contributed by atoms with Gasteiger partial charge in [0.25, 0.3) is 11.5 Å². The van der Waals surface area contributed by atoms with Crippen LogP contribution in [0.25, 0.3) is 10.9 Å². The van der Waals surface area contributed by atoms with Crippen LogP contribution in [0.4, 0.5) is 5.82 Å². The normalized spacial score (nSPS) is 16.2. The first kappa shape index (κ1) is 22.0. The lowest BCUT2D eigenvalue weighted by Crippen LogP contribution is -2.45. The summed E-state index contributed by atoms with van der Waals surface area (Å²) >= 11 is 0. The van der Waals surface area contributed by atoms with E-state index in [2.05, 4.69) is 15.3 Å². The fourth-order valence-electron chi connectivity index (χ4n) is 4.41. The molecule has 0 bridgehead atoms. The Labute approximate surface area is 195 Å². The molecule has 1 aliphatic heterocycles. The molecule has 5 rings (SSSR count). The van der Waals surface area contributed by atoms with Crippen molar-refractivity contribution in [2.24, 2.45) is 0 Å². The molecule has 1 saturated carbocycles. The van der Waals surface area contributed by atoms with Gasteiger partial charge in [-0.2, -0.15) is 5.26 Å². The van der Waals surface area contributed by atoms with E-state index in [0.717, 1.165) is 0 Å². The van der Waals surface area contributed by atoms with E-state index in [4.69, 9.17) is 5.26 Å². The van der Waals surface area contributed by atoms with Crippen LogP contribution in [0.15, 0.2) is 41.5 Å². The molecule has 0 unspecified atom stereocenters. The SMILES string of the molecule is CS(=O)(=O)C1(CN2CCn3c(=O)c(C(=O)NCc4ccc(C#N)nc4)cc4ccnc2c43)CC1. The number of hydrogen-bond acceptors (Lipinski definition) is 8. The molecule has 34 heavy (non-hydrogen) atoms. The lowest BCUT2D eigenvalue weighted by Gasteiger charge is -2.33. The number of sulfone groups is 1. The van der Waals surface area contributed by atoms with Crippen LogP contribution in [0.3, 0.4) is 0 Å². The highest BCUT2D eigenvalue weighted by atomic mass is 32.2. The third-order valence-electron chi connectivity index (χ3n) is 6.58. The van der Waals surface area contributed by atoms with Gasteiger partial charge in [0.15, 0.2) is 15.7 Å². The van der Waals surface area contributed by atoms with Crippen molar-refractivity contribution in [3.63, 3.8) is 0 Å². The van der Waals surface area contributed by atoms with Gasteiger partial charge in [-0.05, 0) is 36.6 Å². The minimum Gasteiger partial charge on any atom is -0.351 e. The first-order chi connectivity index (χ1) is 16.2. The highest BCUT2D eigenvalue weighted by molar-refractivity contribution is 7.92. The average Bonchev–Trinajstić information content (AvgIpc) is 3.62. The number of hydrogen-bond donors (Lipinski definition) is 1. The molecular formula is C23H22N6O4S. The van der Waals surface area contributed by atoms with Gasteiger partial charge in [-0.3, -0.25) is 9.59 Å². The van der Waals surface area contributed by atoms with Crippen molar-refractivity contribution >= 4 is 32.5 Å². The van der Waals surface area contributed by atoms with Gasteiger partial charge in [0.2, 0.25) is 0 Å². The molecule has 1 fully saturated rings. The van der Waals surface area contributed by atoms with Crippen molar-refractivity contribution in [3.05, 3.63) is 63.8 Å². The number of rotatable bonds is 6. The van der Waals surface area contributed by atoms with Gasteiger partial charge in [-0.15, -0.1) is 0 Å². The molecule has 3 aromatic rings. The van der Waals surface area contributed by atoms with Crippen LogP contribution in [0.5, 0.6) is 0 Å². The largest absolute Gasteiger partial charge is 0.351 e. The second-order valence-electron chi connectivity index (χ2n) is 8.81. The highest BCUT2D eigenvalue weighted by Crippen LogP contribution is 2.45. The highest BCUT2D eigenvalue weighted by Gasteiger charge is 2.53. The molecule has 11 heteroatoms. The van der Waals surface area contributed by atoms with E-state index in [1.165, 1.54) is 12.5 Å². The number of aromatic nitrogens is 3. The van der Waals surface area contributed by atoms with E-state index < -0.39 is 26.1 Å². The van der Waals surface area contributed by atoms with Gasteiger partial charge in [-0.25, -0.2) is 18.4 Å². The Morgan fingerprint density at radius 2 is 2.03 bits per heavy atom. The van der Waals surface area contributed by atoms with Crippen LogP contribution >= 0.6 is 0 Å². The van der Waals surface area contributed by atoms with Crippen LogP contribution < -0.4 is 15.8 Å². The van der Waals surface area contributed by atoms with Gasteiger partial charge < -0.3 is 14.8 Å². The molecule has 3 aromatic heterocycles. The maximum absolute atomic E-state index is 13.2. The number of nitrogens with one attached hydrogen (secondary N) is 1. The number of amides is 1. The summed E-state index contributed by atoms with van der Waals surface area (Å²) in [5.74, 6) is 0.0567. The Hall–Kier alpha value is -3.78. The Kier molecular flexibility index (Phi) is 5.13. The Morgan fingerprint density at radius 3 is 2.68 bits per heavy atom. The monoisotopic (exact) mass is 478 g/mol. The maximum atomic E-state index is 13.2. The molecule has 0 radical (unpaired) electrons. The van der Waals surface area contributed by atoms with E-state index >= 15 is 0 Å². The number of nitrogens with zero attached hydrogens (tertiary/aromatic N) is 5. The zero-order chi connectivity index (χ0) is 24.1. The molecule has 4 heterocycles. The second kappa shape index (κ2) is 7.92. The summed E-state index contributed by atoms with van der Waals surface area (Å²) in [7, 11) is -3.21. The third-order valence-corrected chi connectivity index (χ3v) is 8.70. The molecule has 1 N–H and O–H groups in total. The minimum atomic E-state index is -3.21. The first-order valence-electron chi connectivity index (χ1n) is 10.8. The number of carbonyl (C=O) groups excluding carboxylic acids is 1. The summed E-state index contributed by atoms with van der Waals surface area (Å²) in [5.41, 5.74) is 1.20. The lowest BCUT2D eigenvalue weighted by molar-refractivity contribution is 0.0949. The smallest absolute Gasteiger partial charge is 0.264 e. The molecule has 10 nitrogen and oxygen atoms in total. The van der Waals surface area contributed by atoms with Crippen molar-refractivity contribution in [2.75, 3.05) is 24.2 Å². The average molecular weight is 479 g/mol. The van der Waals surface area contributed by atoms with Crippen LogP contribution in [-0.4, -0.2) is 53.0 Å². The van der Waals surface area contributed by atoms with Crippen molar-refractivity contribution in [1.82, 2.24) is 19.9 Å². The Morgan fingerprint density at radius 1 is 1.24 bits per heavy atom. The van der Waals surface area contributed by atoms with Crippen LogP contribution in [0.1, 0.15) is 34.5 Å². The van der Waals surface area contributed by atoms with Crippen LogP contribution in [0, 0.1) is 11.3 Å². The zero-order valence-electron chi connectivity index (χ0n) is 18.5. The molecular weight excluding hydrogens is 456 g/mol. The summed E-state index contributed by atoms with van der Waals surface area (Å²) < 4.78 is 25.4. The third kappa shape index (κ3) is 3.70. The van der Waals surface area contributed by atoms with Gasteiger partial charge in [-0.1, -0.05) is 6.07 Å². The summed E-state index contributed by atoms with van der Waals surface area (Å²) in [6.07, 6.45) is 5.63. The van der Waals surface area contributed by atoms with Crippen molar-refractivity contribution in [3.8, 4) is 6.07 Å². The van der Waals surface area contributed by atoms with Crippen molar-refractivity contribution in [2.45, 2.75) is 30.7 Å². The zero-order valence-corrected chi connectivity index (χ0v) is 19.3. The number of anilines is 1. The predicted molar refractivity (Wildman–Crippen MR) is 125 cm³/mol. The van der Waals surface area contributed by atoms with Gasteiger partial charge in [0, 0.05) is 50.2 Å². The quantitative estimate of drug-likeness (QED) is 0.554. The van der Waals surface area contributed by atoms with Crippen molar-refractivity contribution < 1.29 is 13.2 Å². The molecule has 0 atom stereocenters. The van der Waals surface area contributed by atoms with E-state index in [1.807, 2.05) is 11.0 Å². The van der Waals surface area contributed by atoms with Gasteiger partial charge >= 0.3 is 0 Å². The summed E-state index contributed by atoms with van der Waals surface area (Å²) in [4.78, 5) is 36.4. The van der Waals surface area contributed by atoms with Gasteiger partial charge in [0.1, 0.15) is 17.3 Å². The second-order valence-corrected chi connectivity index (χ2v) is 11.2. The fraction of sp³-hybridized carbons (Fsp3) is 0.348. The first-order valence-corrected chi connectivity index (χ1v) is 12.7. The molecule has 2 aliphatic rings. The number of nitriles is 1. The van der Waals surface area contributed by atoms with E-state index in [9.17, 15) is 18.0 Å². The Bertz CT molecular complexity index is 1520. The predicted octanol–water partition coefficient (Wildman–Crippen LogP) is 0.990. The molecule has 1 aliphatic carbocycles. The number of carbonyl (C=O) groups is 1. The molecule has 0 spiro atoms. The van der Waals surface area contributed by atoms with E-state index in [-0.39, 0.29) is 17.8 Å². The van der Waals surface area contributed by atoms with Crippen LogP contribution in [-0.2, 0) is 22.9 Å². The molecule has 1 amide bonds. The minimum absolute atomic E-state index is 0.0227. The molecule has 0 aromatic carbocycles. The summed E-state index contributed by atoms with van der Waals surface area (Å²) in [6.45, 7) is 1.26. The van der Waals surface area contributed by atoms with Crippen molar-refractivity contribution in [1.29, 1.82) is 5.26 Å². The number of pyridine rings is 3. The lowest BCUT2D eigenvalue weighted by atomic mass is 10.1. The molecule has 174 valence electrons. The maximum Gasteiger partial charge on any atom is 0.264 e. The molecule has 0 saturated heterocycles. The van der Waals surface area contributed by atoms with Gasteiger partial charge in [0.05, 0.1) is 10.3 Å². The van der Waals surface area contributed by atoms with E-state index in [1.54, 1.807) is 35.0 Å². The van der Waals surface area contributed by atoms with Crippen LogP contribution in [0.2, 0.25) is 0 Å². The Balaban J connectivity index is 1.44. The van der Waals surface area contributed by atoms with E-state index in [0.29, 0.717) is 54.8 Å². The fourth-order valence-corrected chi connectivity index (χ4v) is 5.64. The summed E-state index contributed by atoms with van der Waals surface area (Å²) in [5, 5.41) is 12.3.